The van der Waals surface area contributed by atoms with Crippen molar-refractivity contribution in [2.24, 2.45) is 5.73 Å². The first-order valence-electron chi connectivity index (χ1n) is 8.40. The molecule has 0 saturated heterocycles. The largest absolute Gasteiger partial charge is 0.450 e. The number of carbonyl (C=O) groups is 1. The lowest BCUT2D eigenvalue weighted by molar-refractivity contribution is -0.145. The van der Waals surface area contributed by atoms with Gasteiger partial charge in [0, 0.05) is 18.9 Å². The Morgan fingerprint density at radius 3 is 2.93 bits per heavy atom. The van der Waals surface area contributed by atoms with E-state index in [1.165, 1.54) is 12.4 Å². The standard InChI is InChI=1S/C18H16F3N5O/c19-18(20,21)17-25-15(14-9-23-5-6-26(14)17)16(27)24-13-4-2-11-7-10(8-22)1-3-12(11)13/h1,3,5-7,9,13H,2,4,8,22H2,(H,24,27). The molecule has 0 fully saturated rings. The smallest absolute Gasteiger partial charge is 0.344 e. The number of halogens is 3. The molecule has 140 valence electrons. The summed E-state index contributed by atoms with van der Waals surface area (Å²) in [5, 5.41) is 2.80. The fourth-order valence-electron chi connectivity index (χ4n) is 3.48. The number of benzene rings is 1. The van der Waals surface area contributed by atoms with E-state index >= 15 is 0 Å². The Hall–Kier alpha value is -2.94. The van der Waals surface area contributed by atoms with Crippen LogP contribution in [-0.2, 0) is 19.1 Å². The molecule has 27 heavy (non-hydrogen) atoms. The van der Waals surface area contributed by atoms with Crippen LogP contribution in [0.2, 0.25) is 0 Å². The number of aromatic nitrogens is 3. The molecule has 4 rings (SSSR count). The monoisotopic (exact) mass is 375 g/mol. The average Bonchev–Trinajstić information content (AvgIpc) is 3.22. The maximum Gasteiger partial charge on any atom is 0.450 e. The second-order valence-electron chi connectivity index (χ2n) is 6.42. The van der Waals surface area contributed by atoms with Gasteiger partial charge in [-0.15, -0.1) is 0 Å². The van der Waals surface area contributed by atoms with Crippen molar-refractivity contribution in [1.29, 1.82) is 0 Å². The van der Waals surface area contributed by atoms with E-state index in [-0.39, 0.29) is 17.3 Å². The highest BCUT2D eigenvalue weighted by molar-refractivity contribution is 5.99. The van der Waals surface area contributed by atoms with E-state index in [2.05, 4.69) is 15.3 Å². The Morgan fingerprint density at radius 2 is 2.19 bits per heavy atom. The summed E-state index contributed by atoms with van der Waals surface area (Å²) < 4.78 is 40.5. The van der Waals surface area contributed by atoms with Crippen molar-refractivity contribution < 1.29 is 18.0 Å². The van der Waals surface area contributed by atoms with Crippen LogP contribution in [0.1, 0.15) is 45.5 Å². The Bertz CT molecular complexity index is 1030. The first-order valence-corrected chi connectivity index (χ1v) is 8.40. The molecule has 0 saturated carbocycles. The Balaban J connectivity index is 1.66. The summed E-state index contributed by atoms with van der Waals surface area (Å²) in [5.41, 5.74) is 8.42. The minimum absolute atomic E-state index is 0.0130. The molecule has 1 aromatic carbocycles. The van der Waals surface area contributed by atoms with Crippen LogP contribution in [0.4, 0.5) is 13.2 Å². The second-order valence-corrected chi connectivity index (χ2v) is 6.42. The van der Waals surface area contributed by atoms with E-state index in [9.17, 15) is 18.0 Å². The summed E-state index contributed by atoms with van der Waals surface area (Å²) >= 11 is 0. The van der Waals surface area contributed by atoms with E-state index in [1.54, 1.807) is 0 Å². The maximum atomic E-state index is 13.2. The SMILES string of the molecule is NCc1ccc2c(c1)CCC2NC(=O)c1nc(C(F)(F)F)n2ccncc12. The molecule has 3 N–H and O–H groups in total. The Labute approximate surface area is 152 Å². The van der Waals surface area contributed by atoms with Crippen LogP contribution in [0.25, 0.3) is 5.52 Å². The normalized spacial score (nSPS) is 16.5. The number of imidazole rings is 1. The summed E-state index contributed by atoms with van der Waals surface area (Å²) in [5.74, 6) is -1.80. The number of hydrogen-bond donors (Lipinski definition) is 2. The van der Waals surface area contributed by atoms with Crippen molar-refractivity contribution >= 4 is 11.4 Å². The fourth-order valence-corrected chi connectivity index (χ4v) is 3.48. The lowest BCUT2D eigenvalue weighted by atomic mass is 10.0. The van der Waals surface area contributed by atoms with Crippen molar-refractivity contribution in [2.75, 3.05) is 0 Å². The summed E-state index contributed by atoms with van der Waals surface area (Å²) in [6, 6.07) is 5.52. The molecule has 0 bridgehead atoms. The Morgan fingerprint density at radius 1 is 1.37 bits per heavy atom. The van der Waals surface area contributed by atoms with Gasteiger partial charge in [-0.1, -0.05) is 18.2 Å². The molecular weight excluding hydrogens is 359 g/mol. The van der Waals surface area contributed by atoms with Crippen molar-refractivity contribution in [2.45, 2.75) is 31.6 Å². The molecule has 2 heterocycles. The van der Waals surface area contributed by atoms with Gasteiger partial charge in [-0.2, -0.15) is 13.2 Å². The zero-order valence-electron chi connectivity index (χ0n) is 14.1. The third-order valence-corrected chi connectivity index (χ3v) is 4.74. The Kier molecular flexibility index (Phi) is 4.11. The third kappa shape index (κ3) is 3.03. The summed E-state index contributed by atoms with van der Waals surface area (Å²) in [7, 11) is 0. The van der Waals surface area contributed by atoms with Crippen molar-refractivity contribution in [3.63, 3.8) is 0 Å². The number of nitrogens with zero attached hydrogens (tertiary/aromatic N) is 3. The van der Waals surface area contributed by atoms with Gasteiger partial charge < -0.3 is 11.1 Å². The predicted octanol–water partition coefficient (Wildman–Crippen LogP) is 2.62. The number of nitrogens with one attached hydrogen (secondary N) is 1. The summed E-state index contributed by atoms with van der Waals surface area (Å²) in [4.78, 5) is 20.1. The zero-order valence-corrected chi connectivity index (χ0v) is 14.1. The van der Waals surface area contributed by atoms with E-state index < -0.39 is 17.9 Å². The molecule has 1 atom stereocenters. The van der Waals surface area contributed by atoms with Crippen LogP contribution in [0, 0.1) is 0 Å². The third-order valence-electron chi connectivity index (χ3n) is 4.74. The summed E-state index contributed by atoms with van der Waals surface area (Å²) in [6.07, 6.45) is 0.322. The molecule has 2 aromatic heterocycles. The number of rotatable bonds is 3. The van der Waals surface area contributed by atoms with Crippen LogP contribution >= 0.6 is 0 Å². The molecule has 9 heteroatoms. The fraction of sp³-hybridized carbons (Fsp3) is 0.278. The molecule has 1 unspecified atom stereocenters. The predicted molar refractivity (Wildman–Crippen MR) is 90.9 cm³/mol. The molecule has 1 amide bonds. The number of nitrogens with two attached hydrogens (primary N) is 1. The molecule has 6 nitrogen and oxygen atoms in total. The lowest BCUT2D eigenvalue weighted by Gasteiger charge is -2.13. The molecular formula is C18H16F3N5O. The molecule has 0 spiro atoms. The highest BCUT2D eigenvalue weighted by atomic mass is 19.4. The van der Waals surface area contributed by atoms with Gasteiger partial charge in [0.2, 0.25) is 5.82 Å². The van der Waals surface area contributed by atoms with Gasteiger partial charge in [0.15, 0.2) is 5.69 Å². The number of fused-ring (bicyclic) bond motifs is 2. The zero-order chi connectivity index (χ0) is 19.2. The van der Waals surface area contributed by atoms with Crippen molar-refractivity contribution in [3.8, 4) is 0 Å². The first kappa shape index (κ1) is 17.5. The molecule has 1 aliphatic rings. The summed E-state index contributed by atoms with van der Waals surface area (Å²) in [6.45, 7) is 0.429. The van der Waals surface area contributed by atoms with Gasteiger partial charge >= 0.3 is 6.18 Å². The average molecular weight is 375 g/mol. The van der Waals surface area contributed by atoms with E-state index in [4.69, 9.17) is 5.73 Å². The maximum absolute atomic E-state index is 13.2. The molecule has 3 aromatic rings. The van der Waals surface area contributed by atoms with Crippen LogP contribution in [0.5, 0.6) is 0 Å². The lowest BCUT2D eigenvalue weighted by Crippen LogP contribution is -2.27. The highest BCUT2D eigenvalue weighted by Gasteiger charge is 2.38. The van der Waals surface area contributed by atoms with Gasteiger partial charge in [0.25, 0.3) is 5.91 Å². The van der Waals surface area contributed by atoms with Gasteiger partial charge in [-0.05, 0) is 29.5 Å². The van der Waals surface area contributed by atoms with Crippen molar-refractivity contribution in [1.82, 2.24) is 19.7 Å². The van der Waals surface area contributed by atoms with Crippen LogP contribution in [0.15, 0.2) is 36.8 Å². The number of carbonyl (C=O) groups excluding carboxylic acids is 1. The molecule has 0 radical (unpaired) electrons. The van der Waals surface area contributed by atoms with Gasteiger partial charge in [0.1, 0.15) is 0 Å². The second kappa shape index (κ2) is 6.34. The minimum atomic E-state index is -4.68. The van der Waals surface area contributed by atoms with Crippen LogP contribution < -0.4 is 11.1 Å². The first-order chi connectivity index (χ1) is 12.9. The van der Waals surface area contributed by atoms with E-state index in [0.717, 1.165) is 33.7 Å². The van der Waals surface area contributed by atoms with Crippen LogP contribution in [0.3, 0.4) is 0 Å². The molecule has 1 aliphatic carbocycles. The van der Waals surface area contributed by atoms with Gasteiger partial charge in [0.05, 0.1) is 17.8 Å². The topological polar surface area (TPSA) is 85.3 Å². The van der Waals surface area contributed by atoms with Gasteiger partial charge in [-0.3, -0.25) is 14.2 Å². The van der Waals surface area contributed by atoms with Crippen LogP contribution in [-0.4, -0.2) is 20.3 Å². The number of aryl methyl sites for hydroxylation is 1. The van der Waals surface area contributed by atoms with Gasteiger partial charge in [-0.25, -0.2) is 4.98 Å². The number of hydrogen-bond acceptors (Lipinski definition) is 4. The minimum Gasteiger partial charge on any atom is -0.344 e. The number of amides is 1. The van der Waals surface area contributed by atoms with Crippen molar-refractivity contribution in [3.05, 3.63) is 65.0 Å². The highest BCUT2D eigenvalue weighted by Crippen LogP contribution is 2.33. The number of alkyl halides is 3. The van der Waals surface area contributed by atoms with E-state index in [0.29, 0.717) is 13.0 Å². The van der Waals surface area contributed by atoms with E-state index in [1.807, 2.05) is 18.2 Å². The molecule has 0 aliphatic heterocycles. The quantitative estimate of drug-likeness (QED) is 0.737.